The van der Waals surface area contributed by atoms with E-state index in [1.165, 1.54) is 109 Å². The molecule has 0 aromatic rings. The van der Waals surface area contributed by atoms with Crippen molar-refractivity contribution in [1.82, 2.24) is 10.6 Å². The van der Waals surface area contributed by atoms with E-state index >= 15 is 0 Å². The van der Waals surface area contributed by atoms with Crippen LogP contribution in [-0.4, -0.2) is 59.3 Å². The molecule has 4 N–H and O–H groups in total. The summed E-state index contributed by atoms with van der Waals surface area (Å²) in [6, 6.07) is -1.38. The van der Waals surface area contributed by atoms with Gasteiger partial charge in [-0.25, -0.2) is 4.79 Å². The lowest BCUT2D eigenvalue weighted by atomic mass is 10.0. The Kier molecular flexibility index (Phi) is 39.0. The van der Waals surface area contributed by atoms with E-state index in [1.807, 2.05) is 0 Å². The number of carbonyl (C=O) groups is 4. The molecule has 9 nitrogen and oxygen atoms in total. The van der Waals surface area contributed by atoms with Crippen LogP contribution in [-0.2, 0) is 23.9 Å². The van der Waals surface area contributed by atoms with Gasteiger partial charge in [0.25, 0.3) is 0 Å². The van der Waals surface area contributed by atoms with Gasteiger partial charge in [-0.1, -0.05) is 167 Å². The summed E-state index contributed by atoms with van der Waals surface area (Å²) in [5.74, 6) is -2.29. The Bertz CT molecular complexity index is 983. The van der Waals surface area contributed by atoms with E-state index < -0.39 is 24.5 Å². The Morgan fingerprint density at radius 2 is 1.00 bits per heavy atom. The number of unbranched alkanes of at least 4 members (excludes halogenated alkanes) is 23. The number of carbonyl (C=O) groups excluding carboxylic acids is 3. The van der Waals surface area contributed by atoms with Gasteiger partial charge in [0.1, 0.15) is 12.1 Å². The molecule has 0 aliphatic rings. The van der Waals surface area contributed by atoms with Gasteiger partial charge in [0.15, 0.2) is 0 Å². The highest BCUT2D eigenvalue weighted by Gasteiger charge is 2.19. The van der Waals surface area contributed by atoms with Crippen LogP contribution in [0.1, 0.15) is 219 Å². The average molecular weight is 777 g/mol. The highest BCUT2D eigenvalue weighted by molar-refractivity contribution is 5.87. The highest BCUT2D eigenvalue weighted by atomic mass is 16.5. The monoisotopic (exact) mass is 777 g/mol. The summed E-state index contributed by atoms with van der Waals surface area (Å²) in [5.41, 5.74) is 0. The van der Waals surface area contributed by atoms with Crippen molar-refractivity contribution in [2.45, 2.75) is 231 Å². The van der Waals surface area contributed by atoms with E-state index in [0.717, 1.165) is 77.0 Å². The van der Waals surface area contributed by atoms with Crippen molar-refractivity contribution in [1.29, 1.82) is 0 Å². The normalized spacial score (nSPS) is 12.6. The zero-order valence-electron chi connectivity index (χ0n) is 35.4. The van der Waals surface area contributed by atoms with Crippen LogP contribution in [0.2, 0.25) is 0 Å². The molecule has 0 bridgehead atoms. The molecule has 0 aromatic carbocycles. The smallest absolute Gasteiger partial charge is 0.328 e. The molecule has 0 fully saturated rings. The van der Waals surface area contributed by atoms with Gasteiger partial charge in [-0.3, -0.25) is 14.4 Å². The summed E-state index contributed by atoms with van der Waals surface area (Å²) >= 11 is 0. The Labute approximate surface area is 336 Å². The molecule has 320 valence electrons. The first-order valence-corrected chi connectivity index (χ1v) is 22.7. The lowest BCUT2D eigenvalue weighted by molar-refractivity contribution is -0.150. The van der Waals surface area contributed by atoms with Crippen molar-refractivity contribution >= 4 is 23.8 Å². The number of hydrogen-bond donors (Lipinski definition) is 4. The van der Waals surface area contributed by atoms with Crippen LogP contribution in [0.3, 0.4) is 0 Å². The van der Waals surface area contributed by atoms with Crippen molar-refractivity contribution in [3.05, 3.63) is 24.3 Å². The highest BCUT2D eigenvalue weighted by Crippen LogP contribution is 2.19. The molecular formula is C46H84N2O7. The molecule has 0 spiro atoms. The third-order valence-corrected chi connectivity index (χ3v) is 10.2. The fourth-order valence-electron chi connectivity index (χ4n) is 6.67. The summed E-state index contributed by atoms with van der Waals surface area (Å²) in [6.45, 7) is 3.46. The minimum Gasteiger partial charge on any atom is -0.480 e. The number of hydrogen-bond acceptors (Lipinski definition) is 6. The van der Waals surface area contributed by atoms with Crippen LogP contribution in [0.4, 0.5) is 0 Å². The lowest BCUT2D eigenvalue weighted by Crippen LogP contribution is -2.47. The molecule has 55 heavy (non-hydrogen) atoms. The van der Waals surface area contributed by atoms with Gasteiger partial charge < -0.3 is 25.6 Å². The van der Waals surface area contributed by atoms with Crippen molar-refractivity contribution in [2.24, 2.45) is 0 Å². The number of carboxylic acid groups (broad SMARTS) is 1. The molecule has 0 aliphatic carbocycles. The molecule has 0 saturated heterocycles. The molecule has 0 aliphatic heterocycles. The SMILES string of the molecule is CCCC/C=C\C/C=C\CCCCCCCC(=O)OC(CCCCCCCCCCCCCCC)CCCCCCCC(=O)NCC(=O)NC(CO)C(=O)O. The van der Waals surface area contributed by atoms with Crippen LogP contribution in [0, 0.1) is 0 Å². The van der Waals surface area contributed by atoms with Gasteiger partial charge >= 0.3 is 11.9 Å². The number of aliphatic hydroxyl groups excluding tert-OH is 1. The van der Waals surface area contributed by atoms with Gasteiger partial charge in [0, 0.05) is 12.8 Å². The molecule has 2 atom stereocenters. The summed E-state index contributed by atoms with van der Waals surface area (Å²) in [6.07, 6.45) is 44.8. The van der Waals surface area contributed by atoms with E-state index in [4.69, 9.17) is 14.9 Å². The number of aliphatic carboxylic acids is 1. The molecule has 0 aromatic heterocycles. The van der Waals surface area contributed by atoms with Crippen LogP contribution >= 0.6 is 0 Å². The zero-order chi connectivity index (χ0) is 40.5. The maximum atomic E-state index is 12.8. The standard InChI is InChI=1S/C46H84N2O7/c1-3-5-7-9-11-13-15-17-19-21-23-25-30-34-38-45(52)55-41(35-31-27-24-22-20-18-16-14-12-10-8-6-4-2)36-32-28-26-29-33-37-43(50)47-39-44(51)48-42(40-49)46(53)54/h9,11,15,17,41-42,49H,3-8,10,12-14,16,18-40H2,1-2H3,(H,47,50)(H,48,51)(H,53,54)/b11-9-,17-15-. The number of esters is 1. The number of aliphatic hydroxyl groups is 1. The lowest BCUT2D eigenvalue weighted by Gasteiger charge is -2.18. The number of ether oxygens (including phenoxy) is 1. The summed E-state index contributed by atoms with van der Waals surface area (Å²) in [7, 11) is 0. The first-order valence-electron chi connectivity index (χ1n) is 22.7. The van der Waals surface area contributed by atoms with Crippen molar-refractivity contribution in [2.75, 3.05) is 13.2 Å². The van der Waals surface area contributed by atoms with E-state index in [0.29, 0.717) is 19.3 Å². The Hall–Kier alpha value is -2.68. The quantitative estimate of drug-likeness (QED) is 0.0275. The maximum absolute atomic E-state index is 12.8. The second kappa shape index (κ2) is 41.0. The van der Waals surface area contributed by atoms with E-state index in [-0.39, 0.29) is 24.5 Å². The topological polar surface area (TPSA) is 142 Å². The largest absolute Gasteiger partial charge is 0.480 e. The van der Waals surface area contributed by atoms with Crippen molar-refractivity contribution < 1.29 is 34.1 Å². The Morgan fingerprint density at radius 3 is 1.51 bits per heavy atom. The van der Waals surface area contributed by atoms with E-state index in [9.17, 15) is 19.2 Å². The number of amides is 2. The molecule has 0 rings (SSSR count). The zero-order valence-corrected chi connectivity index (χ0v) is 35.4. The molecule has 2 amide bonds. The van der Waals surface area contributed by atoms with Crippen molar-refractivity contribution in [3.63, 3.8) is 0 Å². The summed E-state index contributed by atoms with van der Waals surface area (Å²) in [4.78, 5) is 47.6. The fourth-order valence-corrected chi connectivity index (χ4v) is 6.67. The van der Waals surface area contributed by atoms with E-state index in [2.05, 4.69) is 48.8 Å². The minimum absolute atomic E-state index is 0.0167. The predicted octanol–water partition coefficient (Wildman–Crippen LogP) is 11.2. The maximum Gasteiger partial charge on any atom is 0.328 e. The second-order valence-electron chi connectivity index (χ2n) is 15.5. The van der Waals surface area contributed by atoms with Gasteiger partial charge in [-0.2, -0.15) is 0 Å². The number of carboxylic acids is 1. The summed E-state index contributed by atoms with van der Waals surface area (Å²) < 4.78 is 6.03. The average Bonchev–Trinajstić information content (AvgIpc) is 3.17. The van der Waals surface area contributed by atoms with Gasteiger partial charge in [0.05, 0.1) is 13.2 Å². The minimum atomic E-state index is -1.38. The molecule has 0 saturated carbocycles. The number of allylic oxidation sites excluding steroid dienone is 4. The van der Waals surface area contributed by atoms with E-state index in [1.54, 1.807) is 0 Å². The molecular weight excluding hydrogens is 693 g/mol. The predicted molar refractivity (Wildman–Crippen MR) is 227 cm³/mol. The first-order chi connectivity index (χ1) is 26.8. The molecule has 0 radical (unpaired) electrons. The van der Waals surface area contributed by atoms with Gasteiger partial charge in [-0.15, -0.1) is 0 Å². The third-order valence-electron chi connectivity index (χ3n) is 10.2. The molecule has 2 unspecified atom stereocenters. The van der Waals surface area contributed by atoms with Gasteiger partial charge in [-0.05, 0) is 64.2 Å². The Morgan fingerprint density at radius 1 is 0.545 bits per heavy atom. The fraction of sp³-hybridized carbons (Fsp3) is 0.826. The van der Waals surface area contributed by atoms with Gasteiger partial charge in [0.2, 0.25) is 11.8 Å². The van der Waals surface area contributed by atoms with Crippen LogP contribution < -0.4 is 10.6 Å². The number of rotatable bonds is 41. The summed E-state index contributed by atoms with van der Waals surface area (Å²) in [5, 5.41) is 22.6. The molecule has 0 heterocycles. The van der Waals surface area contributed by atoms with Crippen LogP contribution in [0.5, 0.6) is 0 Å². The second-order valence-corrected chi connectivity index (χ2v) is 15.5. The van der Waals surface area contributed by atoms with Crippen LogP contribution in [0.25, 0.3) is 0 Å². The number of nitrogens with one attached hydrogen (secondary N) is 2. The van der Waals surface area contributed by atoms with Crippen LogP contribution in [0.15, 0.2) is 24.3 Å². The first kappa shape index (κ1) is 52.3. The molecule has 9 heteroatoms. The van der Waals surface area contributed by atoms with Crippen molar-refractivity contribution in [3.8, 4) is 0 Å². The third kappa shape index (κ3) is 38.0. The Balaban J connectivity index is 4.33.